The summed E-state index contributed by atoms with van der Waals surface area (Å²) in [6.45, 7) is 8.20. The number of thiophene rings is 2. The summed E-state index contributed by atoms with van der Waals surface area (Å²) in [4.78, 5) is 2.77. The zero-order valence-electron chi connectivity index (χ0n) is 13.7. The van der Waals surface area contributed by atoms with E-state index in [9.17, 15) is 0 Å². The van der Waals surface area contributed by atoms with Gasteiger partial charge < -0.3 is 11.5 Å². The number of aryl methyl sites for hydroxylation is 2. The van der Waals surface area contributed by atoms with Gasteiger partial charge >= 0.3 is 0 Å². The minimum Gasteiger partial charge on any atom is -0.397 e. The lowest BCUT2D eigenvalue weighted by atomic mass is 10.3. The topological polar surface area (TPSA) is 52.0 Å². The predicted molar refractivity (Wildman–Crippen MR) is 105 cm³/mol. The molecular weight excluding hydrogens is 308 g/mol. The Bertz CT molecular complexity index is 520. The molecule has 22 heavy (non-hydrogen) atoms. The van der Waals surface area contributed by atoms with Crippen LogP contribution in [0.4, 0.5) is 11.4 Å². The highest BCUT2D eigenvalue weighted by Gasteiger charge is 1.85. The molecular formula is C18H26N2S2. The van der Waals surface area contributed by atoms with Gasteiger partial charge in [0.1, 0.15) is 0 Å². The maximum absolute atomic E-state index is 5.39. The summed E-state index contributed by atoms with van der Waals surface area (Å²) in [6, 6.07) is 15.6. The average Bonchev–Trinajstić information content (AvgIpc) is 3.19. The van der Waals surface area contributed by atoms with Crippen LogP contribution >= 0.6 is 22.7 Å². The van der Waals surface area contributed by atoms with Gasteiger partial charge in [0.05, 0.1) is 11.4 Å². The first-order valence-corrected chi connectivity index (χ1v) is 8.95. The molecule has 1 aromatic carbocycles. The van der Waals surface area contributed by atoms with Crippen LogP contribution in [0.1, 0.15) is 23.6 Å². The summed E-state index contributed by atoms with van der Waals surface area (Å²) in [7, 11) is 0. The van der Waals surface area contributed by atoms with Crippen molar-refractivity contribution in [1.82, 2.24) is 0 Å². The van der Waals surface area contributed by atoms with Gasteiger partial charge in [0, 0.05) is 9.75 Å². The van der Waals surface area contributed by atoms with Crippen LogP contribution in [0.25, 0.3) is 0 Å². The van der Waals surface area contributed by atoms with Crippen molar-refractivity contribution < 1.29 is 0 Å². The SMILES string of the molecule is CC.Cc1cccs1.Cc1cccs1.Nc1ccccc1N. The van der Waals surface area contributed by atoms with E-state index < -0.39 is 0 Å². The molecule has 0 saturated carbocycles. The highest BCUT2D eigenvalue weighted by atomic mass is 32.1. The molecule has 4 heteroatoms. The fourth-order valence-electron chi connectivity index (χ4n) is 1.23. The van der Waals surface area contributed by atoms with Crippen LogP contribution < -0.4 is 11.5 Å². The van der Waals surface area contributed by atoms with Gasteiger partial charge in [-0.3, -0.25) is 0 Å². The Morgan fingerprint density at radius 1 is 0.636 bits per heavy atom. The third kappa shape index (κ3) is 10.0. The quantitative estimate of drug-likeness (QED) is 0.496. The number of nitrogens with two attached hydrogens (primary N) is 2. The van der Waals surface area contributed by atoms with Gasteiger partial charge in [-0.1, -0.05) is 38.1 Å². The van der Waals surface area contributed by atoms with Crippen LogP contribution in [0.2, 0.25) is 0 Å². The molecule has 0 saturated heterocycles. The smallest absolute Gasteiger partial charge is 0.0547 e. The summed E-state index contributed by atoms with van der Waals surface area (Å²) in [5, 5.41) is 4.16. The van der Waals surface area contributed by atoms with Crippen LogP contribution in [0.5, 0.6) is 0 Å². The first kappa shape index (κ1) is 20.2. The highest BCUT2D eigenvalue weighted by molar-refractivity contribution is 7.10. The largest absolute Gasteiger partial charge is 0.397 e. The minimum atomic E-state index is 0.646. The van der Waals surface area contributed by atoms with Crippen LogP contribution in [0.3, 0.4) is 0 Å². The van der Waals surface area contributed by atoms with Crippen molar-refractivity contribution in [2.24, 2.45) is 0 Å². The van der Waals surface area contributed by atoms with Crippen molar-refractivity contribution in [1.29, 1.82) is 0 Å². The van der Waals surface area contributed by atoms with Crippen LogP contribution in [0, 0.1) is 13.8 Å². The van der Waals surface area contributed by atoms with E-state index in [1.807, 2.05) is 26.0 Å². The minimum absolute atomic E-state index is 0.646. The molecule has 3 rings (SSSR count). The molecule has 120 valence electrons. The number of nitrogen functional groups attached to an aromatic ring is 2. The predicted octanol–water partition coefficient (Wildman–Crippen LogP) is 5.99. The van der Waals surface area contributed by atoms with Gasteiger partial charge in [0.25, 0.3) is 0 Å². The van der Waals surface area contributed by atoms with E-state index in [1.54, 1.807) is 34.8 Å². The Hall–Kier alpha value is -1.78. The molecule has 3 aromatic rings. The Kier molecular flexibility index (Phi) is 11.9. The number of hydrogen-bond acceptors (Lipinski definition) is 4. The Morgan fingerprint density at radius 3 is 1.14 bits per heavy atom. The number of hydrogen-bond donors (Lipinski definition) is 2. The second kappa shape index (κ2) is 12.9. The van der Waals surface area contributed by atoms with E-state index in [0.717, 1.165) is 0 Å². The Labute approximate surface area is 142 Å². The van der Waals surface area contributed by atoms with Crippen molar-refractivity contribution in [3.63, 3.8) is 0 Å². The van der Waals surface area contributed by atoms with Crippen LogP contribution in [-0.2, 0) is 0 Å². The first-order valence-electron chi connectivity index (χ1n) is 7.20. The maximum atomic E-state index is 5.39. The summed E-state index contributed by atoms with van der Waals surface area (Å²) in [6.07, 6.45) is 0. The van der Waals surface area contributed by atoms with Crippen molar-refractivity contribution in [2.45, 2.75) is 27.7 Å². The number of para-hydroxylation sites is 2. The molecule has 0 fully saturated rings. The fourth-order valence-corrected chi connectivity index (χ4v) is 2.29. The molecule has 4 N–H and O–H groups in total. The zero-order valence-corrected chi connectivity index (χ0v) is 15.4. The van der Waals surface area contributed by atoms with Crippen molar-refractivity contribution >= 4 is 34.0 Å². The van der Waals surface area contributed by atoms with Gasteiger partial charge in [0.2, 0.25) is 0 Å². The molecule has 0 aliphatic rings. The average molecular weight is 335 g/mol. The van der Waals surface area contributed by atoms with E-state index in [0.29, 0.717) is 11.4 Å². The molecule has 2 aromatic heterocycles. The Balaban J connectivity index is 0.000000288. The third-order valence-corrected chi connectivity index (χ3v) is 3.93. The van der Waals surface area contributed by atoms with Crippen molar-refractivity contribution in [3.8, 4) is 0 Å². The summed E-state index contributed by atoms with van der Waals surface area (Å²) < 4.78 is 0. The Morgan fingerprint density at radius 2 is 1.00 bits per heavy atom. The van der Waals surface area contributed by atoms with E-state index in [4.69, 9.17) is 11.5 Å². The molecule has 2 nitrogen and oxygen atoms in total. The van der Waals surface area contributed by atoms with Gasteiger partial charge in [-0.25, -0.2) is 0 Å². The van der Waals surface area contributed by atoms with Crippen LogP contribution in [0.15, 0.2) is 59.3 Å². The third-order valence-electron chi connectivity index (χ3n) is 2.32. The molecule has 2 heterocycles. The van der Waals surface area contributed by atoms with Gasteiger partial charge in [-0.2, -0.15) is 0 Å². The molecule has 0 unspecified atom stereocenters. The molecule has 0 amide bonds. The lowest BCUT2D eigenvalue weighted by Crippen LogP contribution is -1.91. The van der Waals surface area contributed by atoms with Crippen LogP contribution in [-0.4, -0.2) is 0 Å². The van der Waals surface area contributed by atoms with Crippen molar-refractivity contribution in [2.75, 3.05) is 11.5 Å². The number of anilines is 2. The number of rotatable bonds is 0. The molecule has 0 radical (unpaired) electrons. The zero-order chi connectivity index (χ0) is 16.8. The first-order chi connectivity index (χ1) is 10.6. The highest BCUT2D eigenvalue weighted by Crippen LogP contribution is 2.10. The summed E-state index contributed by atoms with van der Waals surface area (Å²) >= 11 is 3.56. The van der Waals surface area contributed by atoms with Gasteiger partial charge in [0.15, 0.2) is 0 Å². The summed E-state index contributed by atoms with van der Waals surface area (Å²) in [5.41, 5.74) is 12.1. The fraction of sp³-hybridized carbons (Fsp3) is 0.222. The molecule has 0 aliphatic carbocycles. The lowest BCUT2D eigenvalue weighted by Gasteiger charge is -1.94. The van der Waals surface area contributed by atoms with Gasteiger partial charge in [-0.05, 0) is 48.9 Å². The second-order valence-electron chi connectivity index (χ2n) is 4.08. The normalized spacial score (nSPS) is 8.36. The van der Waals surface area contributed by atoms with Crippen molar-refractivity contribution in [3.05, 3.63) is 69.0 Å². The van der Waals surface area contributed by atoms with E-state index in [-0.39, 0.29) is 0 Å². The van der Waals surface area contributed by atoms with E-state index >= 15 is 0 Å². The maximum Gasteiger partial charge on any atom is 0.0547 e. The standard InChI is InChI=1S/C6H8N2.2C5H6S.C2H6/c7-5-3-1-2-4-6(5)8;2*1-5-3-2-4-6-5;1-2/h1-4H,7-8H2;2*2-4H,1H3;1-2H3. The van der Waals surface area contributed by atoms with Gasteiger partial charge in [-0.15, -0.1) is 22.7 Å². The van der Waals surface area contributed by atoms with E-state index in [1.165, 1.54) is 9.75 Å². The summed E-state index contributed by atoms with van der Waals surface area (Å²) in [5.74, 6) is 0. The molecule has 0 aliphatic heterocycles. The lowest BCUT2D eigenvalue weighted by molar-refractivity contribution is 1.50. The molecule has 0 spiro atoms. The second-order valence-corrected chi connectivity index (χ2v) is 6.38. The molecule has 0 atom stereocenters. The van der Waals surface area contributed by atoms with E-state index in [2.05, 4.69) is 48.9 Å². The monoisotopic (exact) mass is 334 g/mol. The number of benzene rings is 1. The molecule has 0 bridgehead atoms.